The van der Waals surface area contributed by atoms with E-state index in [9.17, 15) is 0 Å². The van der Waals surface area contributed by atoms with E-state index in [4.69, 9.17) is 16.3 Å². The molecule has 4 rings (SSSR count). The molecule has 0 N–H and O–H groups in total. The topological polar surface area (TPSA) is 43.2 Å². The van der Waals surface area contributed by atoms with Gasteiger partial charge in [-0.05, 0) is 31.9 Å². The lowest BCUT2D eigenvalue weighted by Gasteiger charge is -2.23. The Morgan fingerprint density at radius 2 is 2.14 bits per heavy atom. The molecule has 2 fully saturated rings. The summed E-state index contributed by atoms with van der Waals surface area (Å²) in [4.78, 5) is 11.9. The fourth-order valence-corrected chi connectivity index (χ4v) is 4.11. The number of ether oxygens (including phenoxy) is 1. The van der Waals surface area contributed by atoms with Crippen LogP contribution in [0, 0.1) is 0 Å². The molecule has 2 aliphatic rings. The third-order valence-electron chi connectivity index (χ3n) is 4.82. The number of fused-ring (bicyclic) bond motifs is 2. The summed E-state index contributed by atoms with van der Waals surface area (Å²) < 4.78 is 7.54. The summed E-state index contributed by atoms with van der Waals surface area (Å²) in [6.45, 7) is 2.39. The molecule has 0 spiro atoms. The van der Waals surface area contributed by atoms with Crippen molar-refractivity contribution in [2.75, 3.05) is 20.2 Å². The van der Waals surface area contributed by atoms with E-state index in [0.717, 1.165) is 23.4 Å². The van der Waals surface area contributed by atoms with Crippen molar-refractivity contribution in [2.24, 2.45) is 0 Å². The number of hydrogen-bond donors (Lipinski definition) is 0. The van der Waals surface area contributed by atoms with Crippen LogP contribution in [0.3, 0.4) is 0 Å². The van der Waals surface area contributed by atoms with Crippen LogP contribution in [-0.4, -0.2) is 45.7 Å². The standard InChI is InChI=1S/C15H19ClN4O/c1-21-14-5-4-10-15(18-14)20(13(9-16)17-10)12-6-8-19-7-2-3-11(12)19/h4-5,11-12H,2-3,6-9H2,1H3. The molecule has 5 nitrogen and oxygen atoms in total. The van der Waals surface area contributed by atoms with E-state index in [-0.39, 0.29) is 0 Å². The van der Waals surface area contributed by atoms with E-state index >= 15 is 0 Å². The summed E-state index contributed by atoms with van der Waals surface area (Å²) in [5.74, 6) is 1.97. The summed E-state index contributed by atoms with van der Waals surface area (Å²) >= 11 is 6.14. The van der Waals surface area contributed by atoms with Gasteiger partial charge in [0, 0.05) is 18.7 Å². The van der Waals surface area contributed by atoms with Gasteiger partial charge in [-0.15, -0.1) is 11.6 Å². The van der Waals surface area contributed by atoms with Crippen LogP contribution in [-0.2, 0) is 5.88 Å². The first kappa shape index (κ1) is 13.3. The maximum Gasteiger partial charge on any atom is 0.215 e. The molecule has 0 amide bonds. The first-order valence-electron chi connectivity index (χ1n) is 7.53. The Balaban J connectivity index is 1.85. The Morgan fingerprint density at radius 3 is 2.95 bits per heavy atom. The highest BCUT2D eigenvalue weighted by atomic mass is 35.5. The van der Waals surface area contributed by atoms with Gasteiger partial charge in [-0.2, -0.15) is 4.98 Å². The molecule has 0 radical (unpaired) electrons. The number of methoxy groups -OCH3 is 1. The van der Waals surface area contributed by atoms with E-state index < -0.39 is 0 Å². The van der Waals surface area contributed by atoms with E-state index in [2.05, 4.69) is 19.4 Å². The molecule has 6 heteroatoms. The van der Waals surface area contributed by atoms with Crippen LogP contribution in [0.5, 0.6) is 5.88 Å². The summed E-state index contributed by atoms with van der Waals surface area (Å²) in [6, 6.07) is 4.87. The first-order chi connectivity index (χ1) is 10.3. The van der Waals surface area contributed by atoms with Crippen molar-refractivity contribution in [3.05, 3.63) is 18.0 Å². The molecule has 2 atom stereocenters. The summed E-state index contributed by atoms with van der Waals surface area (Å²) in [5, 5.41) is 0. The number of rotatable bonds is 3. The molecule has 2 unspecified atom stereocenters. The van der Waals surface area contributed by atoms with Gasteiger partial charge in [0.25, 0.3) is 0 Å². The molecule has 2 saturated heterocycles. The predicted molar refractivity (Wildman–Crippen MR) is 81.9 cm³/mol. The second-order valence-corrected chi connectivity index (χ2v) is 6.10. The zero-order valence-corrected chi connectivity index (χ0v) is 12.9. The number of aromatic nitrogens is 3. The van der Waals surface area contributed by atoms with Gasteiger partial charge in [-0.3, -0.25) is 4.90 Å². The smallest absolute Gasteiger partial charge is 0.215 e. The van der Waals surface area contributed by atoms with Crippen LogP contribution in [0.2, 0.25) is 0 Å². The Morgan fingerprint density at radius 1 is 1.24 bits per heavy atom. The zero-order valence-electron chi connectivity index (χ0n) is 12.1. The quantitative estimate of drug-likeness (QED) is 0.818. The van der Waals surface area contributed by atoms with Gasteiger partial charge >= 0.3 is 0 Å². The van der Waals surface area contributed by atoms with Crippen LogP contribution >= 0.6 is 11.6 Å². The molecule has 0 bridgehead atoms. The highest BCUT2D eigenvalue weighted by Gasteiger charge is 2.39. The van der Waals surface area contributed by atoms with Crippen LogP contribution in [0.4, 0.5) is 0 Å². The molecule has 112 valence electrons. The van der Waals surface area contributed by atoms with Crippen LogP contribution in [0.25, 0.3) is 11.2 Å². The van der Waals surface area contributed by atoms with Crippen LogP contribution in [0.1, 0.15) is 31.1 Å². The van der Waals surface area contributed by atoms with Crippen molar-refractivity contribution in [1.82, 2.24) is 19.4 Å². The zero-order chi connectivity index (χ0) is 14.4. The molecule has 2 aromatic heterocycles. The lowest BCUT2D eigenvalue weighted by Crippen LogP contribution is -2.28. The minimum atomic E-state index is 0.419. The van der Waals surface area contributed by atoms with E-state index in [1.165, 1.54) is 25.9 Å². The summed E-state index contributed by atoms with van der Waals surface area (Å²) in [7, 11) is 1.64. The fraction of sp³-hybridized carbons (Fsp3) is 0.600. The molecule has 4 heterocycles. The normalized spacial score (nSPS) is 25.6. The molecule has 0 aliphatic carbocycles. The van der Waals surface area contributed by atoms with Crippen molar-refractivity contribution < 1.29 is 4.74 Å². The third-order valence-corrected chi connectivity index (χ3v) is 5.05. The number of hydrogen-bond acceptors (Lipinski definition) is 4. The van der Waals surface area contributed by atoms with Gasteiger partial charge in [0.15, 0.2) is 5.65 Å². The molecule has 2 aliphatic heterocycles. The van der Waals surface area contributed by atoms with Crippen molar-refractivity contribution >= 4 is 22.8 Å². The highest BCUT2D eigenvalue weighted by molar-refractivity contribution is 6.16. The van der Waals surface area contributed by atoms with Crippen molar-refractivity contribution in [3.8, 4) is 5.88 Å². The molecule has 0 aromatic carbocycles. The Labute approximate surface area is 128 Å². The van der Waals surface area contributed by atoms with Gasteiger partial charge < -0.3 is 9.30 Å². The monoisotopic (exact) mass is 306 g/mol. The number of imidazole rings is 1. The maximum atomic E-state index is 6.14. The molecule has 0 saturated carbocycles. The van der Waals surface area contributed by atoms with E-state index in [0.29, 0.717) is 23.8 Å². The number of nitrogens with zero attached hydrogens (tertiary/aromatic N) is 4. The molecule has 2 aromatic rings. The SMILES string of the molecule is COc1ccc2nc(CCl)n(C3CCN4CCCC34)c2n1. The van der Waals surface area contributed by atoms with Gasteiger partial charge in [0.2, 0.25) is 5.88 Å². The molecular weight excluding hydrogens is 288 g/mol. The van der Waals surface area contributed by atoms with Crippen LogP contribution < -0.4 is 4.74 Å². The molecular formula is C15H19ClN4O. The number of alkyl halides is 1. The Hall–Kier alpha value is -1.33. The van der Waals surface area contributed by atoms with E-state index in [1.807, 2.05) is 12.1 Å². The Kier molecular flexibility index (Phi) is 3.27. The van der Waals surface area contributed by atoms with Gasteiger partial charge in [-0.1, -0.05) is 0 Å². The minimum Gasteiger partial charge on any atom is -0.481 e. The second-order valence-electron chi connectivity index (χ2n) is 5.83. The predicted octanol–water partition coefficient (Wildman–Crippen LogP) is 2.59. The Bertz CT molecular complexity index is 671. The van der Waals surface area contributed by atoms with Crippen molar-refractivity contribution in [1.29, 1.82) is 0 Å². The lowest BCUT2D eigenvalue weighted by atomic mass is 10.1. The lowest BCUT2D eigenvalue weighted by molar-refractivity contribution is 0.290. The largest absolute Gasteiger partial charge is 0.481 e. The molecule has 21 heavy (non-hydrogen) atoms. The van der Waals surface area contributed by atoms with Crippen LogP contribution in [0.15, 0.2) is 12.1 Å². The van der Waals surface area contributed by atoms with Crippen molar-refractivity contribution in [2.45, 2.75) is 37.2 Å². The number of halogens is 1. The number of pyridine rings is 1. The minimum absolute atomic E-state index is 0.419. The first-order valence-corrected chi connectivity index (χ1v) is 8.07. The van der Waals surface area contributed by atoms with Gasteiger partial charge in [0.1, 0.15) is 11.3 Å². The maximum absolute atomic E-state index is 6.14. The van der Waals surface area contributed by atoms with Gasteiger partial charge in [-0.25, -0.2) is 4.98 Å². The third kappa shape index (κ3) is 2.02. The average Bonchev–Trinajstić information content (AvgIpc) is 3.19. The average molecular weight is 307 g/mol. The highest BCUT2D eigenvalue weighted by Crippen LogP contribution is 2.38. The van der Waals surface area contributed by atoms with Crippen molar-refractivity contribution in [3.63, 3.8) is 0 Å². The van der Waals surface area contributed by atoms with E-state index in [1.54, 1.807) is 7.11 Å². The second kappa shape index (κ2) is 5.14. The van der Waals surface area contributed by atoms with Gasteiger partial charge in [0.05, 0.1) is 19.0 Å². The summed E-state index contributed by atoms with van der Waals surface area (Å²) in [5.41, 5.74) is 1.81. The fourth-order valence-electron chi connectivity index (χ4n) is 3.92. The summed E-state index contributed by atoms with van der Waals surface area (Å²) in [6.07, 6.45) is 3.70.